The van der Waals surface area contributed by atoms with Crippen LogP contribution in [-0.4, -0.2) is 39.3 Å². The third-order valence-corrected chi connectivity index (χ3v) is 6.90. The van der Waals surface area contributed by atoms with E-state index in [9.17, 15) is 9.59 Å². The van der Waals surface area contributed by atoms with Crippen molar-refractivity contribution in [1.82, 2.24) is 0 Å². The quantitative estimate of drug-likeness (QED) is 0.454. The molecule has 0 radical (unpaired) electrons. The molecule has 0 aromatic heterocycles. The molecule has 0 spiro atoms. The molecule has 0 amide bonds. The van der Waals surface area contributed by atoms with Crippen molar-refractivity contribution in [2.75, 3.05) is 0 Å². The Kier molecular flexibility index (Phi) is 7.62. The van der Waals surface area contributed by atoms with E-state index in [2.05, 4.69) is 0 Å². The van der Waals surface area contributed by atoms with Crippen LogP contribution in [0.2, 0.25) is 0 Å². The van der Waals surface area contributed by atoms with Crippen LogP contribution >= 0.6 is 0 Å². The van der Waals surface area contributed by atoms with Gasteiger partial charge in [0.25, 0.3) is 0 Å². The second-order valence-corrected chi connectivity index (χ2v) is 9.53. The average molecular weight is 424 g/mol. The van der Waals surface area contributed by atoms with E-state index < -0.39 is 0 Å². The molecule has 2 aromatic carbocycles. The molecule has 22 heavy (non-hydrogen) atoms. The average Bonchev–Trinajstić information content (AvgIpc) is 2.53. The fourth-order valence-electron chi connectivity index (χ4n) is 1.88. The van der Waals surface area contributed by atoms with E-state index in [0.29, 0.717) is 22.2 Å². The van der Waals surface area contributed by atoms with Crippen molar-refractivity contribution in [3.63, 3.8) is 0 Å². The number of hydrogen-bond donors (Lipinski definition) is 0. The van der Waals surface area contributed by atoms with E-state index in [1.165, 1.54) is 0 Å². The van der Waals surface area contributed by atoms with Crippen molar-refractivity contribution in [3.05, 3.63) is 60.7 Å². The van der Waals surface area contributed by atoms with Gasteiger partial charge in [-0.05, 0) is 0 Å². The predicted octanol–water partition coefficient (Wildman–Crippen LogP) is 1.66. The molecule has 0 fully saturated rings. The summed E-state index contributed by atoms with van der Waals surface area (Å²) in [5.41, 5.74) is 0. The molecular formula is C18H18O2Se2. The van der Waals surface area contributed by atoms with Crippen molar-refractivity contribution in [2.45, 2.75) is 25.7 Å². The van der Waals surface area contributed by atoms with Gasteiger partial charge in [-0.3, -0.25) is 0 Å². The molecular weight excluding hydrogens is 406 g/mol. The number of carbonyl (C=O) groups excluding carboxylic acids is 2. The normalized spacial score (nSPS) is 10.4. The van der Waals surface area contributed by atoms with Crippen LogP contribution in [-0.2, 0) is 9.59 Å². The summed E-state index contributed by atoms with van der Waals surface area (Å²) >= 11 is -0.168. The van der Waals surface area contributed by atoms with Crippen LogP contribution in [0.5, 0.6) is 0 Å². The molecule has 2 aromatic rings. The molecule has 114 valence electrons. The van der Waals surface area contributed by atoms with Crippen LogP contribution in [0.25, 0.3) is 0 Å². The third kappa shape index (κ3) is 6.72. The summed E-state index contributed by atoms with van der Waals surface area (Å²) in [6.07, 6.45) is 2.84. The van der Waals surface area contributed by atoms with Crippen LogP contribution in [0.4, 0.5) is 0 Å². The van der Waals surface area contributed by atoms with Gasteiger partial charge in [-0.25, -0.2) is 0 Å². The summed E-state index contributed by atoms with van der Waals surface area (Å²) < 4.78 is 2.89. The Labute approximate surface area is 144 Å². The molecule has 0 heterocycles. The summed E-state index contributed by atoms with van der Waals surface area (Å²) in [7, 11) is 0. The zero-order chi connectivity index (χ0) is 15.6. The van der Waals surface area contributed by atoms with Crippen molar-refractivity contribution in [1.29, 1.82) is 0 Å². The fourth-order valence-corrected chi connectivity index (χ4v) is 5.25. The second kappa shape index (κ2) is 9.76. The summed E-state index contributed by atoms with van der Waals surface area (Å²) in [5, 5.41) is 0. The molecule has 0 N–H and O–H groups in total. The topological polar surface area (TPSA) is 34.1 Å². The molecule has 0 saturated carbocycles. The van der Waals surface area contributed by atoms with Gasteiger partial charge >= 0.3 is 144 Å². The summed E-state index contributed by atoms with van der Waals surface area (Å²) in [6.45, 7) is 0. The summed E-state index contributed by atoms with van der Waals surface area (Å²) in [6, 6.07) is 19.8. The van der Waals surface area contributed by atoms with Crippen molar-refractivity contribution < 1.29 is 9.59 Å². The van der Waals surface area contributed by atoms with Gasteiger partial charge in [-0.15, -0.1) is 0 Å². The van der Waals surface area contributed by atoms with Crippen molar-refractivity contribution in [3.8, 4) is 0 Å². The molecule has 0 saturated heterocycles. The second-order valence-electron chi connectivity index (χ2n) is 4.78. The van der Waals surface area contributed by atoms with E-state index in [1.807, 2.05) is 60.7 Å². The Morgan fingerprint density at radius 2 is 1.00 bits per heavy atom. The van der Waals surface area contributed by atoms with Gasteiger partial charge in [0.05, 0.1) is 0 Å². The molecule has 2 nitrogen and oxygen atoms in total. The van der Waals surface area contributed by atoms with Gasteiger partial charge < -0.3 is 0 Å². The molecule has 0 unspecified atom stereocenters. The van der Waals surface area contributed by atoms with Gasteiger partial charge in [0.1, 0.15) is 0 Å². The van der Waals surface area contributed by atoms with Crippen LogP contribution in [0.15, 0.2) is 60.7 Å². The molecule has 0 bridgehead atoms. The fraction of sp³-hybridized carbons (Fsp3) is 0.222. The first-order valence-electron chi connectivity index (χ1n) is 7.25. The molecule has 0 aliphatic carbocycles. The van der Waals surface area contributed by atoms with E-state index in [4.69, 9.17) is 0 Å². The number of rotatable bonds is 9. The van der Waals surface area contributed by atoms with Gasteiger partial charge in [0.15, 0.2) is 0 Å². The SMILES string of the molecule is O=C(CCCCC(=O)[Se]c1ccccc1)[Se]c1ccccc1. The Bertz CT molecular complexity index is 541. The van der Waals surface area contributed by atoms with Crippen LogP contribution in [0, 0.1) is 0 Å². The molecule has 0 aliphatic rings. The van der Waals surface area contributed by atoms with E-state index in [1.54, 1.807) is 0 Å². The number of unbranched alkanes of at least 4 members (excludes halogenated alkanes) is 1. The number of carbonyl (C=O) groups is 2. The van der Waals surface area contributed by atoms with Crippen LogP contribution in [0.3, 0.4) is 0 Å². The van der Waals surface area contributed by atoms with E-state index >= 15 is 0 Å². The Morgan fingerprint density at radius 1 is 0.636 bits per heavy atom. The number of benzene rings is 2. The van der Waals surface area contributed by atoms with Gasteiger partial charge in [-0.1, -0.05) is 0 Å². The third-order valence-electron chi connectivity index (χ3n) is 2.96. The first-order chi connectivity index (χ1) is 10.7. The minimum absolute atomic E-state index is 0.0841. The van der Waals surface area contributed by atoms with E-state index in [0.717, 1.165) is 21.8 Å². The zero-order valence-electron chi connectivity index (χ0n) is 12.2. The molecule has 4 heteroatoms. The number of hydrogen-bond acceptors (Lipinski definition) is 2. The first-order valence-corrected chi connectivity index (χ1v) is 10.7. The van der Waals surface area contributed by atoms with Crippen LogP contribution < -0.4 is 8.92 Å². The molecule has 2 rings (SSSR count). The maximum absolute atomic E-state index is 11.9. The predicted molar refractivity (Wildman–Crippen MR) is 92.1 cm³/mol. The molecule has 0 atom stereocenters. The van der Waals surface area contributed by atoms with Crippen molar-refractivity contribution in [2.24, 2.45) is 0 Å². The van der Waals surface area contributed by atoms with Crippen LogP contribution in [0.1, 0.15) is 25.7 Å². The Hall–Kier alpha value is -1.18. The Morgan fingerprint density at radius 3 is 1.36 bits per heavy atom. The zero-order valence-corrected chi connectivity index (χ0v) is 15.7. The standard InChI is InChI=1S/C18H18O2Se2/c19-17(21-15-9-3-1-4-10-15)13-7-8-14-18(20)22-16-11-5-2-6-12-16/h1-6,9-12H,7-8,13-14H2. The van der Waals surface area contributed by atoms with E-state index in [-0.39, 0.29) is 29.9 Å². The summed E-state index contributed by atoms with van der Waals surface area (Å²) in [4.78, 5) is 23.8. The maximum atomic E-state index is 11.9. The Balaban J connectivity index is 1.60. The minimum atomic E-state index is -0.0841. The summed E-state index contributed by atoms with van der Waals surface area (Å²) in [5.74, 6) is 0. The van der Waals surface area contributed by atoms with Gasteiger partial charge in [-0.2, -0.15) is 0 Å². The van der Waals surface area contributed by atoms with Gasteiger partial charge in [0, 0.05) is 0 Å². The monoisotopic (exact) mass is 426 g/mol. The molecule has 0 aliphatic heterocycles. The van der Waals surface area contributed by atoms with Gasteiger partial charge in [0.2, 0.25) is 0 Å². The van der Waals surface area contributed by atoms with Crippen molar-refractivity contribution >= 4 is 48.2 Å². The first kappa shape index (κ1) is 17.2.